The molecule has 1 aromatic carbocycles. The molecule has 1 aliphatic carbocycles. The highest BCUT2D eigenvalue weighted by atomic mass is 16.5. The number of carbonyl (C=O) groups is 2. The van der Waals surface area contributed by atoms with Gasteiger partial charge in [-0.15, -0.1) is 5.10 Å². The van der Waals surface area contributed by atoms with Crippen molar-refractivity contribution in [3.8, 4) is 5.75 Å². The molecule has 1 heterocycles. The summed E-state index contributed by atoms with van der Waals surface area (Å²) < 4.78 is 6.50. The summed E-state index contributed by atoms with van der Waals surface area (Å²) in [4.78, 5) is 23.8. The first-order valence-corrected chi connectivity index (χ1v) is 8.24. The molecule has 1 saturated carbocycles. The summed E-state index contributed by atoms with van der Waals surface area (Å²) in [6.07, 6.45) is 4.50. The summed E-state index contributed by atoms with van der Waals surface area (Å²) in [5.41, 5.74) is 0.973. The molecule has 132 valence electrons. The number of aromatic nitrogens is 3. The molecule has 8 nitrogen and oxygen atoms in total. The van der Waals surface area contributed by atoms with Crippen molar-refractivity contribution in [1.82, 2.24) is 20.3 Å². The predicted molar refractivity (Wildman–Crippen MR) is 90.8 cm³/mol. The molecule has 2 aromatic rings. The van der Waals surface area contributed by atoms with E-state index in [1.54, 1.807) is 13.3 Å². The van der Waals surface area contributed by atoms with E-state index in [1.165, 1.54) is 4.68 Å². The van der Waals surface area contributed by atoms with E-state index in [2.05, 4.69) is 20.9 Å². The second-order valence-corrected chi connectivity index (χ2v) is 6.04. The number of benzene rings is 1. The first-order chi connectivity index (χ1) is 12.1. The van der Waals surface area contributed by atoms with E-state index in [0.717, 1.165) is 30.6 Å². The lowest BCUT2D eigenvalue weighted by molar-refractivity contribution is -0.122. The SMILES string of the molecule is COc1ccc(CNC(=O)Cn2cc(NC(=O)C3CCC3)nn2)cc1. The second kappa shape index (κ2) is 7.78. The third-order valence-corrected chi connectivity index (χ3v) is 4.22. The standard InChI is InChI=1S/C17H21N5O3/c1-25-14-7-5-12(6-8-14)9-18-16(23)11-22-10-15(20-21-22)19-17(24)13-3-2-4-13/h5-8,10,13H,2-4,9,11H2,1H3,(H,18,23)(H,19,24). The van der Waals surface area contributed by atoms with Crippen molar-refractivity contribution in [3.63, 3.8) is 0 Å². The number of carbonyl (C=O) groups excluding carboxylic acids is 2. The number of methoxy groups -OCH3 is 1. The predicted octanol–water partition coefficient (Wildman–Crippen LogP) is 1.34. The summed E-state index contributed by atoms with van der Waals surface area (Å²) in [6.45, 7) is 0.464. The molecule has 0 aliphatic heterocycles. The Balaban J connectivity index is 1.45. The van der Waals surface area contributed by atoms with Gasteiger partial charge in [0.2, 0.25) is 11.8 Å². The molecule has 0 atom stereocenters. The molecule has 0 spiro atoms. The Bertz CT molecular complexity index is 737. The number of rotatable bonds is 7. The first-order valence-electron chi connectivity index (χ1n) is 8.24. The normalized spacial score (nSPS) is 13.8. The highest BCUT2D eigenvalue weighted by Crippen LogP contribution is 2.27. The van der Waals surface area contributed by atoms with Gasteiger partial charge in [0.15, 0.2) is 5.82 Å². The third kappa shape index (κ3) is 4.56. The molecular formula is C17H21N5O3. The van der Waals surface area contributed by atoms with Gasteiger partial charge in [-0.1, -0.05) is 23.8 Å². The van der Waals surface area contributed by atoms with Gasteiger partial charge >= 0.3 is 0 Å². The zero-order chi connectivity index (χ0) is 17.6. The summed E-state index contributed by atoms with van der Waals surface area (Å²) in [6, 6.07) is 7.47. The van der Waals surface area contributed by atoms with Gasteiger partial charge in [-0.2, -0.15) is 0 Å². The molecule has 25 heavy (non-hydrogen) atoms. The van der Waals surface area contributed by atoms with Crippen molar-refractivity contribution in [2.75, 3.05) is 12.4 Å². The number of nitrogens with zero attached hydrogens (tertiary/aromatic N) is 3. The number of anilines is 1. The van der Waals surface area contributed by atoms with E-state index < -0.39 is 0 Å². The first kappa shape index (κ1) is 16.9. The highest BCUT2D eigenvalue weighted by Gasteiger charge is 2.25. The number of nitrogens with one attached hydrogen (secondary N) is 2. The van der Waals surface area contributed by atoms with E-state index in [4.69, 9.17) is 4.74 Å². The molecule has 0 bridgehead atoms. The molecule has 1 aliphatic rings. The molecular weight excluding hydrogens is 322 g/mol. The van der Waals surface area contributed by atoms with Gasteiger partial charge in [0.25, 0.3) is 0 Å². The van der Waals surface area contributed by atoms with E-state index in [0.29, 0.717) is 12.4 Å². The summed E-state index contributed by atoms with van der Waals surface area (Å²) >= 11 is 0. The van der Waals surface area contributed by atoms with Crippen LogP contribution in [0.5, 0.6) is 5.75 Å². The van der Waals surface area contributed by atoms with Crippen molar-refractivity contribution >= 4 is 17.6 Å². The summed E-state index contributed by atoms with van der Waals surface area (Å²) in [5, 5.41) is 13.3. The zero-order valence-electron chi connectivity index (χ0n) is 14.1. The van der Waals surface area contributed by atoms with Gasteiger partial charge in [0, 0.05) is 12.5 Å². The van der Waals surface area contributed by atoms with Crippen LogP contribution in [0.15, 0.2) is 30.5 Å². The van der Waals surface area contributed by atoms with Crippen LogP contribution in [0.1, 0.15) is 24.8 Å². The lowest BCUT2D eigenvalue weighted by atomic mass is 9.85. The Morgan fingerprint density at radius 3 is 2.68 bits per heavy atom. The van der Waals surface area contributed by atoms with Crippen LogP contribution in [-0.4, -0.2) is 33.9 Å². The maximum atomic E-state index is 12.0. The van der Waals surface area contributed by atoms with E-state index in [-0.39, 0.29) is 24.3 Å². The number of ether oxygens (including phenoxy) is 1. The van der Waals surface area contributed by atoms with Crippen molar-refractivity contribution in [3.05, 3.63) is 36.0 Å². The maximum Gasteiger partial charge on any atom is 0.242 e. The topological polar surface area (TPSA) is 98.1 Å². The molecule has 3 rings (SSSR count). The van der Waals surface area contributed by atoms with Crippen LogP contribution < -0.4 is 15.4 Å². The molecule has 1 aromatic heterocycles. The quantitative estimate of drug-likeness (QED) is 0.790. The Kier molecular flexibility index (Phi) is 5.27. The molecule has 0 unspecified atom stereocenters. The van der Waals surface area contributed by atoms with Gasteiger partial charge in [0.05, 0.1) is 13.3 Å². The van der Waals surface area contributed by atoms with Crippen molar-refractivity contribution < 1.29 is 14.3 Å². The molecule has 0 radical (unpaired) electrons. The molecule has 1 fully saturated rings. The van der Waals surface area contributed by atoms with E-state index in [9.17, 15) is 9.59 Å². The minimum Gasteiger partial charge on any atom is -0.497 e. The largest absolute Gasteiger partial charge is 0.497 e. The summed E-state index contributed by atoms with van der Waals surface area (Å²) in [7, 11) is 1.61. The monoisotopic (exact) mass is 343 g/mol. The van der Waals surface area contributed by atoms with Crippen LogP contribution in [-0.2, 0) is 22.7 Å². The lowest BCUT2D eigenvalue weighted by Crippen LogP contribution is -2.28. The van der Waals surface area contributed by atoms with Crippen molar-refractivity contribution in [2.45, 2.75) is 32.4 Å². The molecule has 2 amide bonds. The van der Waals surface area contributed by atoms with E-state index in [1.807, 2.05) is 24.3 Å². The van der Waals surface area contributed by atoms with Gasteiger partial charge < -0.3 is 15.4 Å². The Hall–Kier alpha value is -2.90. The Morgan fingerprint density at radius 2 is 2.04 bits per heavy atom. The van der Waals surface area contributed by atoms with Crippen LogP contribution in [0, 0.1) is 5.92 Å². The second-order valence-electron chi connectivity index (χ2n) is 6.04. The van der Waals surface area contributed by atoms with Crippen LogP contribution in [0.2, 0.25) is 0 Å². The minimum atomic E-state index is -0.183. The fourth-order valence-electron chi connectivity index (χ4n) is 2.48. The van der Waals surface area contributed by atoms with E-state index >= 15 is 0 Å². The fourth-order valence-corrected chi connectivity index (χ4v) is 2.48. The van der Waals surface area contributed by atoms with Gasteiger partial charge in [-0.05, 0) is 30.5 Å². The number of hydrogen-bond donors (Lipinski definition) is 2. The average Bonchev–Trinajstić information content (AvgIpc) is 2.98. The number of hydrogen-bond acceptors (Lipinski definition) is 5. The highest BCUT2D eigenvalue weighted by molar-refractivity contribution is 5.92. The van der Waals surface area contributed by atoms with Gasteiger partial charge in [-0.25, -0.2) is 4.68 Å². The lowest BCUT2D eigenvalue weighted by Gasteiger charge is -2.23. The molecule has 8 heteroatoms. The third-order valence-electron chi connectivity index (χ3n) is 4.22. The zero-order valence-corrected chi connectivity index (χ0v) is 14.1. The Labute approximate surface area is 145 Å². The molecule has 0 saturated heterocycles. The van der Waals surface area contributed by atoms with Crippen LogP contribution in [0.3, 0.4) is 0 Å². The van der Waals surface area contributed by atoms with Gasteiger partial charge in [-0.3, -0.25) is 9.59 Å². The number of amides is 2. The maximum absolute atomic E-state index is 12.0. The average molecular weight is 343 g/mol. The fraction of sp³-hybridized carbons (Fsp3) is 0.412. The van der Waals surface area contributed by atoms with Crippen molar-refractivity contribution in [2.24, 2.45) is 5.92 Å². The minimum absolute atomic E-state index is 0.0257. The van der Waals surface area contributed by atoms with Crippen LogP contribution in [0.4, 0.5) is 5.82 Å². The summed E-state index contributed by atoms with van der Waals surface area (Å²) in [5.74, 6) is 1.02. The molecule has 2 N–H and O–H groups in total. The van der Waals surface area contributed by atoms with Crippen molar-refractivity contribution in [1.29, 1.82) is 0 Å². The smallest absolute Gasteiger partial charge is 0.242 e. The van der Waals surface area contributed by atoms with Crippen LogP contribution in [0.25, 0.3) is 0 Å². The van der Waals surface area contributed by atoms with Crippen LogP contribution >= 0.6 is 0 Å². The Morgan fingerprint density at radius 1 is 1.28 bits per heavy atom. The van der Waals surface area contributed by atoms with Gasteiger partial charge in [0.1, 0.15) is 12.3 Å².